The molecule has 2 rings (SSSR count). The van der Waals surface area contributed by atoms with Gasteiger partial charge in [-0.15, -0.1) is 0 Å². The van der Waals surface area contributed by atoms with E-state index in [9.17, 15) is 9.59 Å². The molecule has 1 amide bonds. The molecule has 1 aliphatic rings. The highest BCUT2D eigenvalue weighted by atomic mass is 35.5. The first-order valence-electron chi connectivity index (χ1n) is 5.18. The number of pyridine rings is 1. The number of amides is 1. The summed E-state index contributed by atoms with van der Waals surface area (Å²) in [4.78, 5) is 28.5. The summed E-state index contributed by atoms with van der Waals surface area (Å²) in [5.41, 5.74) is 0.294. The number of hydrogen-bond donors (Lipinski definition) is 0. The van der Waals surface area contributed by atoms with Crippen LogP contribution >= 0.6 is 11.6 Å². The van der Waals surface area contributed by atoms with Crippen LogP contribution in [-0.2, 0) is 9.53 Å². The number of anilines is 1. The van der Waals surface area contributed by atoms with Crippen LogP contribution in [0.4, 0.5) is 5.82 Å². The molecule has 0 unspecified atom stereocenters. The second-order valence-corrected chi connectivity index (χ2v) is 4.06. The van der Waals surface area contributed by atoms with Gasteiger partial charge in [-0.2, -0.15) is 0 Å². The van der Waals surface area contributed by atoms with Crippen molar-refractivity contribution >= 4 is 29.3 Å². The number of ether oxygens (including phenoxy) is 1. The van der Waals surface area contributed by atoms with Gasteiger partial charge in [-0.3, -0.25) is 9.69 Å². The number of halogens is 1. The predicted octanol–water partition coefficient (Wildman–Crippen LogP) is 1.65. The highest BCUT2D eigenvalue weighted by molar-refractivity contribution is 6.30. The number of esters is 1. The largest absolute Gasteiger partial charge is 0.465 e. The fraction of sp³-hybridized carbons (Fsp3) is 0.364. The Balaban J connectivity index is 2.37. The number of methoxy groups -OCH3 is 1. The molecule has 0 spiro atoms. The lowest BCUT2D eigenvalue weighted by molar-refractivity contribution is -0.117. The summed E-state index contributed by atoms with van der Waals surface area (Å²) in [5, 5.41) is 0.169. The Hall–Kier alpha value is -1.62. The molecule has 0 atom stereocenters. The van der Waals surface area contributed by atoms with Crippen LogP contribution < -0.4 is 4.90 Å². The van der Waals surface area contributed by atoms with Crippen LogP contribution in [0.15, 0.2) is 12.1 Å². The van der Waals surface area contributed by atoms with Gasteiger partial charge in [0.15, 0.2) is 0 Å². The minimum atomic E-state index is -0.498. The number of carbonyl (C=O) groups excluding carboxylic acids is 2. The van der Waals surface area contributed by atoms with Gasteiger partial charge in [0, 0.05) is 13.0 Å². The maximum Gasteiger partial charge on any atom is 0.338 e. The summed E-state index contributed by atoms with van der Waals surface area (Å²) >= 11 is 5.82. The van der Waals surface area contributed by atoms with E-state index in [4.69, 9.17) is 11.6 Å². The minimum absolute atomic E-state index is 0.00409. The van der Waals surface area contributed by atoms with Crippen molar-refractivity contribution in [2.45, 2.75) is 12.8 Å². The average molecular weight is 255 g/mol. The first-order chi connectivity index (χ1) is 8.11. The van der Waals surface area contributed by atoms with Crippen molar-refractivity contribution in [3.63, 3.8) is 0 Å². The number of carbonyl (C=O) groups is 2. The van der Waals surface area contributed by atoms with Crippen molar-refractivity contribution in [3.8, 4) is 0 Å². The molecule has 1 aliphatic heterocycles. The zero-order valence-corrected chi connectivity index (χ0v) is 10.0. The van der Waals surface area contributed by atoms with Crippen molar-refractivity contribution in [1.82, 2.24) is 4.98 Å². The number of aromatic nitrogens is 1. The first-order valence-corrected chi connectivity index (χ1v) is 5.56. The molecule has 0 N–H and O–H groups in total. The Morgan fingerprint density at radius 3 is 2.88 bits per heavy atom. The van der Waals surface area contributed by atoms with Gasteiger partial charge in [0.1, 0.15) is 11.0 Å². The van der Waals surface area contributed by atoms with E-state index in [1.807, 2.05) is 0 Å². The molecule has 0 bridgehead atoms. The van der Waals surface area contributed by atoms with Crippen LogP contribution in [0.3, 0.4) is 0 Å². The molecule has 0 aromatic carbocycles. The molecule has 0 radical (unpaired) electrons. The Kier molecular flexibility index (Phi) is 3.28. The Morgan fingerprint density at radius 1 is 1.53 bits per heavy atom. The fourth-order valence-corrected chi connectivity index (χ4v) is 1.95. The second kappa shape index (κ2) is 4.71. The van der Waals surface area contributed by atoms with Crippen LogP contribution in [0, 0.1) is 0 Å². The lowest BCUT2D eigenvalue weighted by Gasteiger charge is -2.15. The monoisotopic (exact) mass is 254 g/mol. The number of rotatable bonds is 2. The molecule has 1 aromatic heterocycles. The summed E-state index contributed by atoms with van der Waals surface area (Å²) in [6, 6.07) is 2.93. The van der Waals surface area contributed by atoms with E-state index in [-0.39, 0.29) is 11.1 Å². The van der Waals surface area contributed by atoms with Gasteiger partial charge in [0.2, 0.25) is 5.91 Å². The molecule has 0 aliphatic carbocycles. The number of hydrogen-bond acceptors (Lipinski definition) is 4. The smallest absolute Gasteiger partial charge is 0.338 e. The minimum Gasteiger partial charge on any atom is -0.465 e. The molecular weight excluding hydrogens is 244 g/mol. The molecule has 1 saturated heterocycles. The zero-order valence-electron chi connectivity index (χ0n) is 9.27. The van der Waals surface area contributed by atoms with Gasteiger partial charge in [-0.25, -0.2) is 9.78 Å². The molecule has 17 heavy (non-hydrogen) atoms. The SMILES string of the molecule is COC(=O)c1cc(Cl)nc(N2CCCC2=O)c1. The maximum atomic E-state index is 11.6. The van der Waals surface area contributed by atoms with Crippen molar-refractivity contribution in [3.05, 3.63) is 22.8 Å². The molecule has 6 heteroatoms. The Bertz CT molecular complexity index is 476. The average Bonchev–Trinajstić information content (AvgIpc) is 2.73. The highest BCUT2D eigenvalue weighted by Gasteiger charge is 2.24. The third-order valence-electron chi connectivity index (χ3n) is 2.55. The summed E-state index contributed by atoms with van der Waals surface area (Å²) in [7, 11) is 1.29. The summed E-state index contributed by atoms with van der Waals surface area (Å²) in [6.45, 7) is 0.604. The Labute approximate surface area is 103 Å². The van der Waals surface area contributed by atoms with Crippen LogP contribution in [0.1, 0.15) is 23.2 Å². The molecular formula is C11H11ClN2O3. The fourth-order valence-electron chi connectivity index (χ4n) is 1.75. The topological polar surface area (TPSA) is 59.5 Å². The third kappa shape index (κ3) is 2.39. The van der Waals surface area contributed by atoms with Crippen molar-refractivity contribution in [1.29, 1.82) is 0 Å². The van der Waals surface area contributed by atoms with Crippen LogP contribution in [0.5, 0.6) is 0 Å². The second-order valence-electron chi connectivity index (χ2n) is 3.68. The molecule has 0 saturated carbocycles. The van der Waals surface area contributed by atoms with E-state index in [1.54, 1.807) is 0 Å². The van der Waals surface area contributed by atoms with Gasteiger partial charge in [0.25, 0.3) is 0 Å². The van der Waals surface area contributed by atoms with Crippen LogP contribution in [0.25, 0.3) is 0 Å². The number of nitrogens with zero attached hydrogens (tertiary/aromatic N) is 2. The quantitative estimate of drug-likeness (QED) is 0.595. The van der Waals surface area contributed by atoms with Gasteiger partial charge in [0.05, 0.1) is 12.7 Å². The van der Waals surface area contributed by atoms with E-state index in [1.165, 1.54) is 24.1 Å². The molecule has 90 valence electrons. The molecule has 2 heterocycles. The van der Waals surface area contributed by atoms with Crippen LogP contribution in [-0.4, -0.2) is 30.5 Å². The summed E-state index contributed by atoms with van der Waals surface area (Å²) < 4.78 is 4.61. The highest BCUT2D eigenvalue weighted by Crippen LogP contribution is 2.23. The van der Waals surface area contributed by atoms with E-state index < -0.39 is 5.97 Å². The lowest BCUT2D eigenvalue weighted by Crippen LogP contribution is -2.25. The standard InChI is InChI=1S/C11H11ClN2O3/c1-17-11(16)7-5-8(12)13-9(6-7)14-4-2-3-10(14)15/h5-6H,2-4H2,1H3. The molecule has 5 nitrogen and oxygen atoms in total. The maximum absolute atomic E-state index is 11.6. The van der Waals surface area contributed by atoms with Crippen molar-refractivity contribution in [2.24, 2.45) is 0 Å². The van der Waals surface area contributed by atoms with Gasteiger partial charge in [-0.1, -0.05) is 11.6 Å². The van der Waals surface area contributed by atoms with Gasteiger partial charge in [-0.05, 0) is 18.6 Å². The van der Waals surface area contributed by atoms with Crippen molar-refractivity contribution < 1.29 is 14.3 Å². The van der Waals surface area contributed by atoms with E-state index in [0.29, 0.717) is 24.3 Å². The molecule has 1 fully saturated rings. The Morgan fingerprint density at radius 2 is 2.29 bits per heavy atom. The normalized spacial score (nSPS) is 15.2. The third-order valence-corrected chi connectivity index (χ3v) is 2.75. The molecule has 1 aromatic rings. The van der Waals surface area contributed by atoms with Crippen molar-refractivity contribution in [2.75, 3.05) is 18.6 Å². The summed E-state index contributed by atoms with van der Waals surface area (Å²) in [6.07, 6.45) is 1.29. The predicted molar refractivity (Wildman–Crippen MR) is 62.2 cm³/mol. The van der Waals surface area contributed by atoms with Gasteiger partial charge >= 0.3 is 5.97 Å². The van der Waals surface area contributed by atoms with Gasteiger partial charge < -0.3 is 4.74 Å². The zero-order chi connectivity index (χ0) is 12.4. The van der Waals surface area contributed by atoms with E-state index in [0.717, 1.165) is 6.42 Å². The summed E-state index contributed by atoms with van der Waals surface area (Å²) in [5.74, 6) is -0.0989. The van der Waals surface area contributed by atoms with E-state index >= 15 is 0 Å². The first kappa shape index (κ1) is 11.9. The van der Waals surface area contributed by atoms with Crippen LogP contribution in [0.2, 0.25) is 5.15 Å². The lowest BCUT2D eigenvalue weighted by atomic mass is 10.2. The van der Waals surface area contributed by atoms with E-state index in [2.05, 4.69) is 9.72 Å².